The average molecular weight is 525 g/mol. The number of rotatable bonds is 3. The number of benzene rings is 4. The van der Waals surface area contributed by atoms with Crippen LogP contribution in [0.1, 0.15) is 5.56 Å². The molecular formula is C25H10BF10N. The van der Waals surface area contributed by atoms with E-state index in [2.05, 4.69) is 0 Å². The van der Waals surface area contributed by atoms with Crippen LogP contribution in [0.4, 0.5) is 49.6 Å². The number of fused-ring (bicyclic) bond motifs is 1. The summed E-state index contributed by atoms with van der Waals surface area (Å²) in [6.07, 6.45) is -3.22. The Labute approximate surface area is 201 Å². The van der Waals surface area contributed by atoms with Crippen molar-refractivity contribution in [2.45, 2.75) is 0 Å². The number of hydrogen-bond acceptors (Lipinski definition) is 0. The zero-order chi connectivity index (χ0) is 26.8. The van der Waals surface area contributed by atoms with E-state index >= 15 is 17.6 Å². The normalized spacial score (nSPS) is 14.1. The predicted molar refractivity (Wildman–Crippen MR) is 115 cm³/mol. The van der Waals surface area contributed by atoms with E-state index in [9.17, 15) is 26.3 Å². The van der Waals surface area contributed by atoms with Crippen molar-refractivity contribution in [1.29, 1.82) is 0 Å². The highest BCUT2D eigenvalue weighted by Crippen LogP contribution is 2.31. The van der Waals surface area contributed by atoms with E-state index in [1.54, 1.807) is 0 Å². The van der Waals surface area contributed by atoms with Crippen LogP contribution in [0.15, 0.2) is 54.6 Å². The molecule has 5 rings (SSSR count). The molecule has 0 unspecified atom stereocenters. The topological polar surface area (TPSA) is 3.01 Å². The first-order valence-electron chi connectivity index (χ1n) is 10.5. The van der Waals surface area contributed by atoms with Gasteiger partial charge in [0.25, 0.3) is 0 Å². The van der Waals surface area contributed by atoms with Gasteiger partial charge in [0.2, 0.25) is 0 Å². The minimum atomic E-state index is -4.29. The molecule has 1 aliphatic rings. The summed E-state index contributed by atoms with van der Waals surface area (Å²) in [5, 5.41) is 0. The Morgan fingerprint density at radius 3 is 1.27 bits per heavy atom. The Morgan fingerprint density at radius 1 is 0.432 bits per heavy atom. The van der Waals surface area contributed by atoms with Crippen molar-refractivity contribution in [3.63, 3.8) is 0 Å². The van der Waals surface area contributed by atoms with Crippen molar-refractivity contribution in [3.05, 3.63) is 118 Å². The SMILES string of the molecule is Fc1c(F)c(F)c([B-]2(c3c(F)c(F)c(F)c(F)c3F)c3ccccc3C=[N+]2c2ccccc2)c(F)c1F. The van der Waals surface area contributed by atoms with Crippen LogP contribution in [0.5, 0.6) is 0 Å². The molecule has 0 aromatic heterocycles. The molecule has 0 amide bonds. The molecule has 188 valence electrons. The van der Waals surface area contributed by atoms with Crippen LogP contribution in [0.2, 0.25) is 0 Å². The quantitative estimate of drug-likeness (QED) is 0.156. The van der Waals surface area contributed by atoms with Gasteiger partial charge in [0.1, 0.15) is 29.5 Å². The molecule has 1 nitrogen and oxygen atoms in total. The molecular weight excluding hydrogens is 515 g/mol. The van der Waals surface area contributed by atoms with E-state index in [-0.39, 0.29) is 11.3 Å². The number of nitrogens with zero attached hydrogens (tertiary/aromatic N) is 1. The van der Waals surface area contributed by atoms with Gasteiger partial charge >= 0.3 is 6.28 Å². The lowest BCUT2D eigenvalue weighted by atomic mass is 9.23. The third kappa shape index (κ3) is 3.17. The fourth-order valence-electron chi connectivity index (χ4n) is 5.03. The van der Waals surface area contributed by atoms with Crippen molar-refractivity contribution < 1.29 is 48.4 Å². The Morgan fingerprint density at radius 2 is 0.811 bits per heavy atom. The van der Waals surface area contributed by atoms with E-state index < -0.39 is 80.8 Å². The summed E-state index contributed by atoms with van der Waals surface area (Å²) >= 11 is 0. The Kier molecular flexibility index (Phi) is 5.65. The zero-order valence-electron chi connectivity index (χ0n) is 18.1. The van der Waals surface area contributed by atoms with E-state index in [0.717, 1.165) is 16.8 Å². The van der Waals surface area contributed by atoms with Crippen molar-refractivity contribution in [1.82, 2.24) is 0 Å². The lowest BCUT2D eigenvalue weighted by molar-refractivity contribution is -0.279. The smallest absolute Gasteiger partial charge is 0.372 e. The largest absolute Gasteiger partial charge is 0.408 e. The maximum absolute atomic E-state index is 15.5. The average Bonchev–Trinajstić information content (AvgIpc) is 3.24. The van der Waals surface area contributed by atoms with Gasteiger partial charge in [-0.3, -0.25) is 0 Å². The second-order valence-electron chi connectivity index (χ2n) is 8.29. The maximum atomic E-state index is 15.5. The number of hydrogen-bond donors (Lipinski definition) is 0. The summed E-state index contributed by atoms with van der Waals surface area (Å²) in [5.41, 5.74) is -4.13. The Hall–Kier alpha value is -4.09. The first-order valence-corrected chi connectivity index (χ1v) is 10.5. The Balaban J connectivity index is 2.12. The van der Waals surface area contributed by atoms with Gasteiger partial charge in [-0.1, -0.05) is 42.5 Å². The zero-order valence-corrected chi connectivity index (χ0v) is 18.1. The van der Waals surface area contributed by atoms with Crippen molar-refractivity contribution in [3.8, 4) is 0 Å². The van der Waals surface area contributed by atoms with Crippen LogP contribution in [0.3, 0.4) is 0 Å². The molecule has 0 N–H and O–H groups in total. The van der Waals surface area contributed by atoms with E-state index in [1.165, 1.54) is 48.5 Å². The summed E-state index contributed by atoms with van der Waals surface area (Å²) in [5.74, 6) is -25.0. The second kappa shape index (κ2) is 8.50. The molecule has 37 heavy (non-hydrogen) atoms. The molecule has 12 heteroatoms. The van der Waals surface area contributed by atoms with E-state index in [4.69, 9.17) is 0 Å². The van der Waals surface area contributed by atoms with Gasteiger partial charge in [0.15, 0.2) is 40.6 Å². The number of para-hydroxylation sites is 1. The van der Waals surface area contributed by atoms with Gasteiger partial charge in [-0.05, 0) is 10.9 Å². The first kappa shape index (κ1) is 24.6. The van der Waals surface area contributed by atoms with Crippen molar-refractivity contribution in [2.24, 2.45) is 0 Å². The van der Waals surface area contributed by atoms with Gasteiger partial charge in [-0.2, -0.15) is 0 Å². The molecule has 0 saturated carbocycles. The monoisotopic (exact) mass is 525 g/mol. The summed E-state index contributed by atoms with van der Waals surface area (Å²) in [6, 6.07) is 11.7. The molecule has 4 aromatic rings. The van der Waals surface area contributed by atoms with E-state index in [0.29, 0.717) is 0 Å². The molecule has 1 aliphatic heterocycles. The van der Waals surface area contributed by atoms with Gasteiger partial charge in [0, 0.05) is 17.7 Å². The predicted octanol–water partition coefficient (Wildman–Crippen LogP) is 4.82. The molecule has 0 atom stereocenters. The standard InChI is InChI=1S/C25H10BF10N/c27-16-14(17(28)21(32)24(35)20(16)31)26(15-18(29)22(33)25(36)23(34)19(15)30)13-9-5-4-6-11(13)10-37(26)12-7-2-1-3-8-12/h1-10H. The third-order valence-corrected chi connectivity index (χ3v) is 6.52. The molecule has 4 aromatic carbocycles. The van der Waals surface area contributed by atoms with Crippen LogP contribution in [-0.2, 0) is 0 Å². The number of halogens is 10. The van der Waals surface area contributed by atoms with Gasteiger partial charge < -0.3 is 4.49 Å². The van der Waals surface area contributed by atoms with Crippen LogP contribution in [0, 0.1) is 58.2 Å². The van der Waals surface area contributed by atoms with Crippen LogP contribution in [-0.4, -0.2) is 17.0 Å². The molecule has 0 spiro atoms. The van der Waals surface area contributed by atoms with Gasteiger partial charge in [-0.25, -0.2) is 43.9 Å². The fraction of sp³-hybridized carbons (Fsp3) is 0. The van der Waals surface area contributed by atoms with Crippen molar-refractivity contribution in [2.75, 3.05) is 0 Å². The molecule has 0 radical (unpaired) electrons. The molecule has 1 heterocycles. The summed E-state index contributed by atoms with van der Waals surface area (Å²) in [4.78, 5) is 0. The summed E-state index contributed by atoms with van der Waals surface area (Å²) < 4.78 is 149. The van der Waals surface area contributed by atoms with Crippen LogP contribution >= 0.6 is 0 Å². The first-order chi connectivity index (χ1) is 17.5. The molecule has 0 bridgehead atoms. The lowest BCUT2D eigenvalue weighted by Crippen LogP contribution is -2.75. The highest BCUT2D eigenvalue weighted by Gasteiger charge is 2.57. The molecule has 0 aliphatic carbocycles. The fourth-order valence-corrected chi connectivity index (χ4v) is 5.03. The summed E-state index contributed by atoms with van der Waals surface area (Å²) in [6.45, 7) is 0. The highest BCUT2D eigenvalue weighted by atomic mass is 19.2. The third-order valence-electron chi connectivity index (χ3n) is 6.52. The van der Waals surface area contributed by atoms with E-state index in [1.807, 2.05) is 0 Å². The highest BCUT2D eigenvalue weighted by molar-refractivity contribution is 7.07. The maximum Gasteiger partial charge on any atom is 0.372 e. The van der Waals surface area contributed by atoms with Gasteiger partial charge in [0.05, 0.1) is 0 Å². The van der Waals surface area contributed by atoms with Gasteiger partial charge in [-0.15, -0.1) is 5.46 Å². The second-order valence-corrected chi connectivity index (χ2v) is 8.29. The molecule has 0 fully saturated rings. The lowest BCUT2D eigenvalue weighted by Gasteiger charge is -2.36. The van der Waals surface area contributed by atoms with Crippen molar-refractivity contribution >= 4 is 34.6 Å². The molecule has 0 saturated heterocycles. The Bertz CT molecular complexity index is 1510. The minimum absolute atomic E-state index is 0.0285. The summed E-state index contributed by atoms with van der Waals surface area (Å²) in [7, 11) is 0. The van der Waals surface area contributed by atoms with Crippen LogP contribution < -0.4 is 16.4 Å². The van der Waals surface area contributed by atoms with Crippen LogP contribution in [0.25, 0.3) is 0 Å². The minimum Gasteiger partial charge on any atom is -0.408 e.